The lowest BCUT2D eigenvalue weighted by molar-refractivity contribution is 0.249. The van der Waals surface area contributed by atoms with Crippen molar-refractivity contribution in [2.75, 3.05) is 54.5 Å². The predicted molar refractivity (Wildman–Crippen MR) is 123 cm³/mol. The van der Waals surface area contributed by atoms with E-state index in [2.05, 4.69) is 44.6 Å². The van der Waals surface area contributed by atoms with Crippen molar-refractivity contribution in [2.45, 2.75) is 50.7 Å². The maximum atomic E-state index is 5.40. The number of aliphatic imine (C=N–C) groups is 1. The van der Waals surface area contributed by atoms with Crippen LogP contribution in [0.4, 0.5) is 0 Å². The lowest BCUT2D eigenvalue weighted by Crippen LogP contribution is -2.47. The lowest BCUT2D eigenvalue weighted by atomic mass is 10.2. The molecule has 1 heterocycles. The molecular formula is C23H39N5O2. The summed E-state index contributed by atoms with van der Waals surface area (Å²) in [6.07, 6.45) is 6.57. The Morgan fingerprint density at radius 1 is 1.13 bits per heavy atom. The molecule has 1 unspecified atom stereocenters. The molecule has 0 bridgehead atoms. The highest BCUT2D eigenvalue weighted by molar-refractivity contribution is 5.80. The third kappa shape index (κ3) is 6.51. The van der Waals surface area contributed by atoms with E-state index in [9.17, 15) is 0 Å². The summed E-state index contributed by atoms with van der Waals surface area (Å²) in [5, 5.41) is 7.09. The van der Waals surface area contributed by atoms with Gasteiger partial charge in [0.05, 0.1) is 14.2 Å². The first-order chi connectivity index (χ1) is 14.6. The summed E-state index contributed by atoms with van der Waals surface area (Å²) in [6, 6.07) is 7.27. The van der Waals surface area contributed by atoms with Gasteiger partial charge in [-0.1, -0.05) is 12.8 Å². The van der Waals surface area contributed by atoms with Crippen LogP contribution in [0, 0.1) is 0 Å². The third-order valence-corrected chi connectivity index (χ3v) is 6.36. The minimum Gasteiger partial charge on any atom is -0.497 e. The van der Waals surface area contributed by atoms with Crippen LogP contribution in [0.25, 0.3) is 0 Å². The number of likely N-dealkylation sites (tertiary alicyclic amines) is 1. The first-order valence-corrected chi connectivity index (χ1v) is 11.2. The number of ether oxygens (including phenoxy) is 2. The highest BCUT2D eigenvalue weighted by Crippen LogP contribution is 2.24. The molecule has 3 rings (SSSR count). The maximum absolute atomic E-state index is 5.40. The highest BCUT2D eigenvalue weighted by atomic mass is 16.5. The van der Waals surface area contributed by atoms with Gasteiger partial charge in [0, 0.05) is 57.9 Å². The maximum Gasteiger partial charge on any atom is 0.191 e. The van der Waals surface area contributed by atoms with Gasteiger partial charge in [-0.15, -0.1) is 0 Å². The van der Waals surface area contributed by atoms with Crippen molar-refractivity contribution in [3.63, 3.8) is 0 Å². The van der Waals surface area contributed by atoms with Gasteiger partial charge < -0.3 is 25.0 Å². The molecule has 168 valence electrons. The van der Waals surface area contributed by atoms with E-state index in [4.69, 9.17) is 9.47 Å². The van der Waals surface area contributed by atoms with Crippen molar-refractivity contribution in [3.05, 3.63) is 23.8 Å². The van der Waals surface area contributed by atoms with Crippen LogP contribution in [-0.2, 0) is 6.54 Å². The number of rotatable bonds is 9. The molecule has 1 aliphatic carbocycles. The van der Waals surface area contributed by atoms with E-state index < -0.39 is 0 Å². The Kier molecular flexibility index (Phi) is 8.63. The van der Waals surface area contributed by atoms with Crippen LogP contribution in [0.5, 0.6) is 11.5 Å². The zero-order chi connectivity index (χ0) is 21.3. The minimum atomic E-state index is 0.413. The molecule has 0 spiro atoms. The van der Waals surface area contributed by atoms with Crippen LogP contribution in [0.2, 0.25) is 0 Å². The normalized spacial score (nSPS) is 20.7. The quantitative estimate of drug-likeness (QED) is 0.475. The number of likely N-dealkylation sites (N-methyl/N-ethyl adjacent to an activating group) is 1. The summed E-state index contributed by atoms with van der Waals surface area (Å²) in [7, 11) is 7.48. The zero-order valence-electron chi connectivity index (χ0n) is 19.1. The van der Waals surface area contributed by atoms with Crippen molar-refractivity contribution >= 4 is 5.96 Å². The molecule has 2 N–H and O–H groups in total. The Hall–Kier alpha value is -1.99. The number of methoxy groups -OCH3 is 2. The molecule has 1 aromatic carbocycles. The molecular weight excluding hydrogens is 378 g/mol. The average Bonchev–Trinajstić information content (AvgIpc) is 3.45. The largest absolute Gasteiger partial charge is 0.497 e. The number of guanidine groups is 1. The third-order valence-electron chi connectivity index (χ3n) is 6.36. The summed E-state index contributed by atoms with van der Waals surface area (Å²) < 4.78 is 10.8. The monoisotopic (exact) mass is 417 g/mol. The summed E-state index contributed by atoms with van der Waals surface area (Å²) in [4.78, 5) is 9.38. The number of hydrogen-bond acceptors (Lipinski definition) is 5. The molecule has 1 saturated heterocycles. The smallest absolute Gasteiger partial charge is 0.191 e. The van der Waals surface area contributed by atoms with E-state index in [1.165, 1.54) is 31.2 Å². The summed E-state index contributed by atoms with van der Waals surface area (Å²) >= 11 is 0. The molecule has 0 aromatic heterocycles. The van der Waals surface area contributed by atoms with Gasteiger partial charge in [-0.2, -0.15) is 0 Å². The first kappa shape index (κ1) is 22.7. The second-order valence-electron chi connectivity index (χ2n) is 8.50. The van der Waals surface area contributed by atoms with E-state index in [0.29, 0.717) is 6.04 Å². The SMILES string of the molecule is CN=C(NCCN(C)C1CCCC1)NC1CCN(Cc2cc(OC)cc(OC)c2)C1. The molecule has 7 heteroatoms. The summed E-state index contributed by atoms with van der Waals surface area (Å²) in [6.45, 7) is 4.94. The lowest BCUT2D eigenvalue weighted by Gasteiger charge is -2.25. The molecule has 0 amide bonds. The van der Waals surface area contributed by atoms with Gasteiger partial charge in [0.2, 0.25) is 0 Å². The van der Waals surface area contributed by atoms with Crippen LogP contribution >= 0.6 is 0 Å². The highest BCUT2D eigenvalue weighted by Gasteiger charge is 2.24. The van der Waals surface area contributed by atoms with E-state index in [1.54, 1.807) is 14.2 Å². The van der Waals surface area contributed by atoms with Crippen molar-refractivity contribution in [2.24, 2.45) is 4.99 Å². The molecule has 1 aliphatic heterocycles. The molecule has 2 fully saturated rings. The topological polar surface area (TPSA) is 61.4 Å². The number of benzene rings is 1. The van der Waals surface area contributed by atoms with Crippen LogP contribution in [-0.4, -0.2) is 82.3 Å². The van der Waals surface area contributed by atoms with Crippen molar-refractivity contribution in [3.8, 4) is 11.5 Å². The Balaban J connectivity index is 1.42. The van der Waals surface area contributed by atoms with Crippen molar-refractivity contribution in [1.82, 2.24) is 20.4 Å². The Morgan fingerprint density at radius 3 is 2.47 bits per heavy atom. The fourth-order valence-corrected chi connectivity index (χ4v) is 4.58. The molecule has 1 atom stereocenters. The average molecular weight is 418 g/mol. The number of nitrogens with one attached hydrogen (secondary N) is 2. The van der Waals surface area contributed by atoms with Gasteiger partial charge in [0.25, 0.3) is 0 Å². The van der Waals surface area contributed by atoms with Crippen LogP contribution in [0.15, 0.2) is 23.2 Å². The van der Waals surface area contributed by atoms with E-state index >= 15 is 0 Å². The summed E-state index contributed by atoms with van der Waals surface area (Å²) in [5.41, 5.74) is 1.21. The van der Waals surface area contributed by atoms with Crippen LogP contribution in [0.1, 0.15) is 37.7 Å². The predicted octanol–water partition coefficient (Wildman–Crippen LogP) is 2.32. The molecule has 2 aliphatic rings. The molecule has 1 aromatic rings. The second kappa shape index (κ2) is 11.4. The van der Waals surface area contributed by atoms with Gasteiger partial charge in [0.1, 0.15) is 11.5 Å². The van der Waals surface area contributed by atoms with Crippen LogP contribution in [0.3, 0.4) is 0 Å². The van der Waals surface area contributed by atoms with Crippen molar-refractivity contribution < 1.29 is 9.47 Å². The van der Waals surface area contributed by atoms with Crippen LogP contribution < -0.4 is 20.1 Å². The number of nitrogens with zero attached hydrogens (tertiary/aromatic N) is 3. The van der Waals surface area contributed by atoms with Gasteiger partial charge in [-0.25, -0.2) is 0 Å². The molecule has 1 saturated carbocycles. The zero-order valence-corrected chi connectivity index (χ0v) is 19.1. The van der Waals surface area contributed by atoms with Gasteiger partial charge >= 0.3 is 0 Å². The Labute approximate surface area is 181 Å². The first-order valence-electron chi connectivity index (χ1n) is 11.2. The van der Waals surface area contributed by atoms with E-state index in [-0.39, 0.29) is 0 Å². The van der Waals surface area contributed by atoms with Gasteiger partial charge in [0.15, 0.2) is 5.96 Å². The second-order valence-corrected chi connectivity index (χ2v) is 8.50. The summed E-state index contributed by atoms with van der Waals surface area (Å²) in [5.74, 6) is 2.58. The molecule has 30 heavy (non-hydrogen) atoms. The van der Waals surface area contributed by atoms with Crippen molar-refractivity contribution in [1.29, 1.82) is 0 Å². The molecule has 0 radical (unpaired) electrons. The number of hydrogen-bond donors (Lipinski definition) is 2. The Morgan fingerprint density at radius 2 is 1.83 bits per heavy atom. The van der Waals surface area contributed by atoms with Gasteiger partial charge in [-0.05, 0) is 44.0 Å². The minimum absolute atomic E-state index is 0.413. The standard InChI is InChI=1S/C23H39N5O2/c1-24-23(25-10-12-27(2)20-7-5-6-8-20)26-19-9-11-28(17-19)16-18-13-21(29-3)15-22(14-18)30-4/h13-15,19-20H,5-12,16-17H2,1-4H3,(H2,24,25,26). The van der Waals surface area contributed by atoms with Gasteiger partial charge in [-0.3, -0.25) is 9.89 Å². The fourth-order valence-electron chi connectivity index (χ4n) is 4.58. The Bertz CT molecular complexity index is 668. The van der Waals surface area contributed by atoms with E-state index in [0.717, 1.165) is 62.6 Å². The van der Waals surface area contributed by atoms with E-state index in [1.807, 2.05) is 13.1 Å². The fraction of sp³-hybridized carbons (Fsp3) is 0.696. The molecule has 7 nitrogen and oxygen atoms in total.